The van der Waals surface area contributed by atoms with Crippen LogP contribution in [-0.2, 0) is 4.79 Å². The highest BCUT2D eigenvalue weighted by Crippen LogP contribution is 2.16. The number of benzene rings is 1. The first-order valence-corrected chi connectivity index (χ1v) is 8.48. The molecule has 4 nitrogen and oxygen atoms in total. The molecular weight excluding hydrogens is 286 g/mol. The zero-order valence-electron chi connectivity index (χ0n) is 13.0. The smallest absolute Gasteiger partial charge is 0.220 e. The lowest BCUT2D eigenvalue weighted by Crippen LogP contribution is -2.41. The number of para-hydroxylation sites is 1. The highest BCUT2D eigenvalue weighted by Gasteiger charge is 2.16. The summed E-state index contributed by atoms with van der Waals surface area (Å²) >= 11 is 1.56. The third-order valence-corrected chi connectivity index (χ3v) is 4.49. The van der Waals surface area contributed by atoms with Crippen molar-refractivity contribution in [3.05, 3.63) is 29.8 Å². The van der Waals surface area contributed by atoms with Crippen LogP contribution in [0.4, 0.5) is 0 Å². The molecule has 0 aliphatic rings. The van der Waals surface area contributed by atoms with Crippen LogP contribution in [0.2, 0.25) is 0 Å². The highest BCUT2D eigenvalue weighted by molar-refractivity contribution is 7.99. The highest BCUT2D eigenvalue weighted by atomic mass is 32.2. The normalized spacial score (nSPS) is 13.5. The topological polar surface area (TPSA) is 58.6 Å². The van der Waals surface area contributed by atoms with Crippen LogP contribution >= 0.6 is 11.8 Å². The summed E-state index contributed by atoms with van der Waals surface area (Å²) in [4.78, 5) is 11.8. The minimum absolute atomic E-state index is 0.00313. The molecule has 1 rings (SSSR count). The maximum absolute atomic E-state index is 11.8. The molecule has 0 fully saturated rings. The third kappa shape index (κ3) is 6.40. The van der Waals surface area contributed by atoms with Gasteiger partial charge in [-0.2, -0.15) is 11.8 Å². The average Bonchev–Trinajstić information content (AvgIpc) is 2.46. The monoisotopic (exact) mass is 311 g/mol. The van der Waals surface area contributed by atoms with Crippen LogP contribution in [0.1, 0.15) is 25.3 Å². The molecule has 0 spiro atoms. The van der Waals surface area contributed by atoms with Gasteiger partial charge in [0.25, 0.3) is 0 Å². The van der Waals surface area contributed by atoms with Gasteiger partial charge in [0, 0.05) is 17.7 Å². The summed E-state index contributed by atoms with van der Waals surface area (Å²) in [6.07, 6.45) is 3.04. The van der Waals surface area contributed by atoms with Crippen molar-refractivity contribution in [2.75, 3.05) is 19.5 Å². The van der Waals surface area contributed by atoms with E-state index in [4.69, 9.17) is 4.74 Å². The number of ether oxygens (including phenoxy) is 1. The fourth-order valence-electron chi connectivity index (χ4n) is 1.99. The lowest BCUT2D eigenvalue weighted by Gasteiger charge is -2.21. The zero-order chi connectivity index (χ0) is 15.7. The van der Waals surface area contributed by atoms with E-state index in [2.05, 4.69) is 5.32 Å². The van der Waals surface area contributed by atoms with Crippen molar-refractivity contribution < 1.29 is 14.6 Å². The molecule has 2 atom stereocenters. The number of hydrogen-bond donors (Lipinski definition) is 2. The first-order valence-electron chi connectivity index (χ1n) is 7.20. The van der Waals surface area contributed by atoms with Gasteiger partial charge in [-0.3, -0.25) is 4.79 Å². The summed E-state index contributed by atoms with van der Waals surface area (Å²) in [6, 6.07) is 7.81. The van der Waals surface area contributed by atoms with Gasteiger partial charge in [-0.25, -0.2) is 0 Å². The van der Waals surface area contributed by atoms with Gasteiger partial charge in [0.15, 0.2) is 0 Å². The van der Waals surface area contributed by atoms with Crippen molar-refractivity contribution in [1.29, 1.82) is 0 Å². The SMILES string of the molecule is CSC(CO)C(C)NC(=O)CCCOc1ccccc1C. The van der Waals surface area contributed by atoms with Crippen LogP contribution in [0.5, 0.6) is 5.75 Å². The Hall–Kier alpha value is -1.20. The Kier molecular flexibility index (Phi) is 8.23. The Morgan fingerprint density at radius 1 is 1.43 bits per heavy atom. The van der Waals surface area contributed by atoms with Gasteiger partial charge in [-0.05, 0) is 38.2 Å². The standard InChI is InChI=1S/C16H25NO3S/c1-12-7-4-5-8-14(12)20-10-6-9-16(19)17-13(2)15(11-18)21-3/h4-5,7-8,13,15,18H,6,9-11H2,1-3H3,(H,17,19). The molecule has 118 valence electrons. The van der Waals surface area contributed by atoms with E-state index in [1.807, 2.05) is 44.4 Å². The maximum Gasteiger partial charge on any atom is 0.220 e. The number of hydrogen-bond acceptors (Lipinski definition) is 4. The summed E-state index contributed by atoms with van der Waals surface area (Å²) in [5.74, 6) is 0.873. The Labute approximate surface area is 131 Å². The summed E-state index contributed by atoms with van der Waals surface area (Å²) in [6.45, 7) is 4.51. The summed E-state index contributed by atoms with van der Waals surface area (Å²) in [5, 5.41) is 12.1. The number of aliphatic hydroxyl groups excluding tert-OH is 1. The minimum Gasteiger partial charge on any atom is -0.493 e. The second-order valence-electron chi connectivity index (χ2n) is 5.03. The van der Waals surface area contributed by atoms with Crippen molar-refractivity contribution >= 4 is 17.7 Å². The molecule has 0 aromatic heterocycles. The van der Waals surface area contributed by atoms with Gasteiger partial charge in [-0.1, -0.05) is 18.2 Å². The van der Waals surface area contributed by atoms with Gasteiger partial charge in [0.05, 0.1) is 13.2 Å². The van der Waals surface area contributed by atoms with Crippen molar-refractivity contribution in [3.8, 4) is 5.75 Å². The molecule has 0 radical (unpaired) electrons. The third-order valence-electron chi connectivity index (χ3n) is 3.33. The van der Waals surface area contributed by atoms with E-state index in [1.54, 1.807) is 11.8 Å². The quantitative estimate of drug-likeness (QED) is 0.688. The van der Waals surface area contributed by atoms with Gasteiger partial charge >= 0.3 is 0 Å². The summed E-state index contributed by atoms with van der Waals surface area (Å²) in [5.41, 5.74) is 1.10. The zero-order valence-corrected chi connectivity index (χ0v) is 13.8. The molecule has 1 aromatic carbocycles. The van der Waals surface area contributed by atoms with E-state index in [9.17, 15) is 9.90 Å². The number of aliphatic hydroxyl groups is 1. The number of carbonyl (C=O) groups excluding carboxylic acids is 1. The molecule has 5 heteroatoms. The summed E-state index contributed by atoms with van der Waals surface area (Å²) < 4.78 is 5.66. The predicted molar refractivity (Wildman–Crippen MR) is 87.9 cm³/mol. The average molecular weight is 311 g/mol. The van der Waals surface area contributed by atoms with Crippen molar-refractivity contribution in [1.82, 2.24) is 5.32 Å². The largest absolute Gasteiger partial charge is 0.493 e. The molecule has 21 heavy (non-hydrogen) atoms. The Morgan fingerprint density at radius 3 is 2.76 bits per heavy atom. The summed E-state index contributed by atoms with van der Waals surface area (Å²) in [7, 11) is 0. The first kappa shape index (κ1) is 17.9. The Morgan fingerprint density at radius 2 is 2.14 bits per heavy atom. The number of thioether (sulfide) groups is 1. The second kappa shape index (κ2) is 9.68. The van der Waals surface area contributed by atoms with Gasteiger partial charge in [0.2, 0.25) is 5.91 Å². The molecule has 2 unspecified atom stereocenters. The van der Waals surface area contributed by atoms with Crippen LogP contribution in [0.3, 0.4) is 0 Å². The lowest BCUT2D eigenvalue weighted by molar-refractivity contribution is -0.121. The molecule has 0 saturated carbocycles. The second-order valence-corrected chi connectivity index (χ2v) is 6.11. The van der Waals surface area contributed by atoms with Gasteiger partial charge in [0.1, 0.15) is 5.75 Å². The number of nitrogens with one attached hydrogen (secondary N) is 1. The van der Waals surface area contributed by atoms with Crippen LogP contribution in [0.15, 0.2) is 24.3 Å². The molecule has 1 aromatic rings. The number of aryl methyl sites for hydroxylation is 1. The fourth-order valence-corrected chi connectivity index (χ4v) is 2.61. The lowest BCUT2D eigenvalue weighted by atomic mass is 10.2. The Bertz CT molecular complexity index is 435. The molecular formula is C16H25NO3S. The predicted octanol–water partition coefficient (Wildman–Crippen LogP) is 2.38. The Balaban J connectivity index is 2.23. The first-order chi connectivity index (χ1) is 10.1. The number of rotatable bonds is 9. The molecule has 0 heterocycles. The molecule has 0 aliphatic carbocycles. The van der Waals surface area contributed by atoms with Crippen LogP contribution in [-0.4, -0.2) is 41.8 Å². The van der Waals surface area contributed by atoms with E-state index >= 15 is 0 Å². The van der Waals surface area contributed by atoms with E-state index in [-0.39, 0.29) is 23.8 Å². The van der Waals surface area contributed by atoms with Crippen molar-refractivity contribution in [2.24, 2.45) is 0 Å². The molecule has 0 bridgehead atoms. The molecule has 2 N–H and O–H groups in total. The molecule has 1 amide bonds. The van der Waals surface area contributed by atoms with E-state index in [0.717, 1.165) is 11.3 Å². The van der Waals surface area contributed by atoms with Gasteiger partial charge in [-0.15, -0.1) is 0 Å². The molecule has 0 aliphatic heterocycles. The van der Waals surface area contributed by atoms with E-state index < -0.39 is 0 Å². The number of carbonyl (C=O) groups is 1. The number of amides is 1. The maximum atomic E-state index is 11.8. The van der Waals surface area contributed by atoms with E-state index in [1.165, 1.54) is 0 Å². The van der Waals surface area contributed by atoms with Crippen molar-refractivity contribution in [2.45, 2.75) is 38.0 Å². The van der Waals surface area contributed by atoms with Crippen LogP contribution in [0, 0.1) is 6.92 Å². The van der Waals surface area contributed by atoms with Crippen molar-refractivity contribution in [3.63, 3.8) is 0 Å². The molecule has 0 saturated heterocycles. The van der Waals surface area contributed by atoms with Gasteiger partial charge < -0.3 is 15.2 Å². The van der Waals surface area contributed by atoms with E-state index in [0.29, 0.717) is 19.4 Å². The minimum atomic E-state index is -0.0326. The van der Waals surface area contributed by atoms with Crippen LogP contribution in [0.25, 0.3) is 0 Å². The van der Waals surface area contributed by atoms with Crippen LogP contribution < -0.4 is 10.1 Å². The fraction of sp³-hybridized carbons (Fsp3) is 0.562.